The summed E-state index contributed by atoms with van der Waals surface area (Å²) in [5, 5.41) is 14.6. The summed E-state index contributed by atoms with van der Waals surface area (Å²) in [7, 11) is 0. The van der Waals surface area contributed by atoms with Gasteiger partial charge in [0.15, 0.2) is 5.69 Å². The number of aromatic carboxylic acids is 1. The number of rotatable bonds is 3. The lowest BCUT2D eigenvalue weighted by atomic mass is 10.0. The number of fused-ring (bicyclic) bond motifs is 2. The Labute approximate surface area is 148 Å². The van der Waals surface area contributed by atoms with Gasteiger partial charge in [-0.3, -0.25) is 14.1 Å². The fourth-order valence-electron chi connectivity index (χ4n) is 3.64. The fourth-order valence-corrected chi connectivity index (χ4v) is 3.64. The first kappa shape index (κ1) is 14.8. The van der Waals surface area contributed by atoms with Crippen LogP contribution in [0.15, 0.2) is 48.8 Å². The highest BCUT2D eigenvalue weighted by molar-refractivity contribution is 5.97. The molecule has 1 aliphatic rings. The summed E-state index contributed by atoms with van der Waals surface area (Å²) >= 11 is 0. The standard InChI is InChI=1S/C19H15N5O2/c25-19(26)18-17(21-14-8-2-4-10-23(14)18)15-13-7-5-11-24(13)22-16(15)12-6-1-3-9-20-12/h1-4,6,8-10H,5,7,11H2,(H,25,26). The van der Waals surface area contributed by atoms with Crippen LogP contribution in [0.1, 0.15) is 22.6 Å². The molecule has 0 radical (unpaired) electrons. The third kappa shape index (κ3) is 2.07. The molecule has 26 heavy (non-hydrogen) atoms. The molecule has 0 spiro atoms. The second-order valence-electron chi connectivity index (χ2n) is 6.25. The normalized spacial score (nSPS) is 13.2. The summed E-state index contributed by atoms with van der Waals surface area (Å²) in [5.41, 5.74) is 4.42. The molecule has 0 saturated carbocycles. The molecule has 0 aromatic carbocycles. The summed E-state index contributed by atoms with van der Waals surface area (Å²) in [6, 6.07) is 11.1. The van der Waals surface area contributed by atoms with Gasteiger partial charge in [-0.05, 0) is 37.1 Å². The van der Waals surface area contributed by atoms with Crippen LogP contribution < -0.4 is 0 Å². The van der Waals surface area contributed by atoms with Crippen LogP contribution >= 0.6 is 0 Å². The van der Waals surface area contributed by atoms with Crippen LogP contribution in [0.5, 0.6) is 0 Å². The molecule has 1 N–H and O–H groups in total. The smallest absolute Gasteiger partial charge is 0.355 e. The van der Waals surface area contributed by atoms with E-state index in [9.17, 15) is 9.90 Å². The van der Waals surface area contributed by atoms with E-state index in [0.29, 0.717) is 17.0 Å². The van der Waals surface area contributed by atoms with Gasteiger partial charge in [-0.25, -0.2) is 9.78 Å². The molecule has 0 fully saturated rings. The average Bonchev–Trinajstić information content (AvgIpc) is 3.34. The Morgan fingerprint density at radius 3 is 2.81 bits per heavy atom. The van der Waals surface area contributed by atoms with Gasteiger partial charge in [-0.15, -0.1) is 0 Å². The third-order valence-electron chi connectivity index (χ3n) is 4.72. The maximum absolute atomic E-state index is 12.0. The lowest BCUT2D eigenvalue weighted by Gasteiger charge is -2.04. The summed E-state index contributed by atoms with van der Waals surface area (Å²) in [6.07, 6.45) is 5.28. The predicted octanol–water partition coefficient (Wildman–Crippen LogP) is 2.90. The van der Waals surface area contributed by atoms with E-state index in [1.54, 1.807) is 28.9 Å². The number of aromatic nitrogens is 5. The highest BCUT2D eigenvalue weighted by Gasteiger charge is 2.30. The van der Waals surface area contributed by atoms with E-state index in [0.717, 1.165) is 36.3 Å². The Kier molecular flexibility index (Phi) is 3.15. The van der Waals surface area contributed by atoms with E-state index in [1.165, 1.54) is 0 Å². The minimum atomic E-state index is -1.01. The van der Waals surface area contributed by atoms with Crippen molar-refractivity contribution in [2.45, 2.75) is 19.4 Å². The number of carboxylic acid groups (broad SMARTS) is 1. The van der Waals surface area contributed by atoms with Crippen molar-refractivity contribution in [2.75, 3.05) is 0 Å². The van der Waals surface area contributed by atoms with E-state index in [-0.39, 0.29) is 5.69 Å². The van der Waals surface area contributed by atoms with Crippen molar-refractivity contribution >= 4 is 11.6 Å². The summed E-state index contributed by atoms with van der Waals surface area (Å²) in [4.78, 5) is 21.1. The van der Waals surface area contributed by atoms with Crippen molar-refractivity contribution in [1.29, 1.82) is 0 Å². The first-order valence-electron chi connectivity index (χ1n) is 8.46. The molecule has 1 aliphatic heterocycles. The first-order chi connectivity index (χ1) is 12.7. The molecule has 4 aromatic heterocycles. The minimum Gasteiger partial charge on any atom is -0.476 e. The number of aryl methyl sites for hydroxylation is 1. The molecule has 4 aromatic rings. The number of nitrogens with zero attached hydrogens (tertiary/aromatic N) is 5. The Balaban J connectivity index is 1.86. The monoisotopic (exact) mass is 345 g/mol. The number of imidazole rings is 1. The molecule has 0 bridgehead atoms. The molecule has 0 aliphatic carbocycles. The molecule has 0 amide bonds. The lowest BCUT2D eigenvalue weighted by molar-refractivity contribution is 0.0690. The second kappa shape index (κ2) is 5.52. The van der Waals surface area contributed by atoms with Crippen LogP contribution in [0, 0.1) is 0 Å². The Morgan fingerprint density at radius 1 is 1.12 bits per heavy atom. The number of pyridine rings is 2. The number of hydrogen-bond acceptors (Lipinski definition) is 4. The number of hydrogen-bond donors (Lipinski definition) is 1. The van der Waals surface area contributed by atoms with Crippen molar-refractivity contribution in [1.82, 2.24) is 24.1 Å². The minimum absolute atomic E-state index is 0.153. The lowest BCUT2D eigenvalue weighted by Crippen LogP contribution is -2.04. The van der Waals surface area contributed by atoms with E-state index >= 15 is 0 Å². The van der Waals surface area contributed by atoms with Crippen molar-refractivity contribution in [3.63, 3.8) is 0 Å². The number of carboxylic acids is 1. The molecular weight excluding hydrogens is 330 g/mol. The molecular formula is C19H15N5O2. The van der Waals surface area contributed by atoms with Gasteiger partial charge in [-0.1, -0.05) is 12.1 Å². The Hall–Kier alpha value is -3.48. The summed E-state index contributed by atoms with van der Waals surface area (Å²) < 4.78 is 3.56. The van der Waals surface area contributed by atoms with Gasteiger partial charge in [0.05, 0.1) is 11.3 Å². The Morgan fingerprint density at radius 2 is 2.00 bits per heavy atom. The number of carbonyl (C=O) groups is 1. The third-order valence-corrected chi connectivity index (χ3v) is 4.72. The van der Waals surface area contributed by atoms with E-state index < -0.39 is 5.97 Å². The molecule has 5 rings (SSSR count). The van der Waals surface area contributed by atoms with Gasteiger partial charge in [0.2, 0.25) is 0 Å². The maximum Gasteiger partial charge on any atom is 0.355 e. The van der Waals surface area contributed by atoms with Crippen molar-refractivity contribution in [3.8, 4) is 22.6 Å². The van der Waals surface area contributed by atoms with Gasteiger partial charge in [0.25, 0.3) is 0 Å². The summed E-state index contributed by atoms with van der Waals surface area (Å²) in [6.45, 7) is 0.824. The van der Waals surface area contributed by atoms with Crippen LogP contribution in [-0.4, -0.2) is 35.2 Å². The molecule has 7 heteroatoms. The molecule has 5 heterocycles. The Bertz CT molecular complexity index is 1140. The second-order valence-corrected chi connectivity index (χ2v) is 6.25. The van der Waals surface area contributed by atoms with Gasteiger partial charge < -0.3 is 5.11 Å². The van der Waals surface area contributed by atoms with Crippen LogP contribution in [0.25, 0.3) is 28.3 Å². The zero-order chi connectivity index (χ0) is 17.7. The first-order valence-corrected chi connectivity index (χ1v) is 8.46. The summed E-state index contributed by atoms with van der Waals surface area (Å²) in [5.74, 6) is -1.01. The van der Waals surface area contributed by atoms with Crippen LogP contribution in [-0.2, 0) is 13.0 Å². The highest BCUT2D eigenvalue weighted by Crippen LogP contribution is 2.38. The topological polar surface area (TPSA) is 85.3 Å². The largest absolute Gasteiger partial charge is 0.476 e. The predicted molar refractivity (Wildman–Crippen MR) is 94.9 cm³/mol. The van der Waals surface area contributed by atoms with E-state index in [1.807, 2.05) is 28.9 Å². The van der Waals surface area contributed by atoms with Crippen molar-refractivity contribution in [3.05, 3.63) is 60.2 Å². The quantitative estimate of drug-likeness (QED) is 0.617. The molecule has 128 valence electrons. The molecule has 7 nitrogen and oxygen atoms in total. The molecule has 0 unspecified atom stereocenters. The zero-order valence-corrected chi connectivity index (χ0v) is 13.8. The van der Waals surface area contributed by atoms with Gasteiger partial charge >= 0.3 is 5.97 Å². The van der Waals surface area contributed by atoms with E-state index in [4.69, 9.17) is 5.10 Å². The van der Waals surface area contributed by atoms with Crippen LogP contribution in [0.2, 0.25) is 0 Å². The molecule has 0 atom stereocenters. The van der Waals surface area contributed by atoms with Crippen molar-refractivity contribution in [2.24, 2.45) is 0 Å². The van der Waals surface area contributed by atoms with Crippen molar-refractivity contribution < 1.29 is 9.90 Å². The van der Waals surface area contributed by atoms with Gasteiger partial charge in [-0.2, -0.15) is 5.10 Å². The SMILES string of the molecule is O=C(O)c1c(-c2c(-c3ccccn3)nn3c2CCC3)nc2ccccn12. The van der Waals surface area contributed by atoms with E-state index in [2.05, 4.69) is 9.97 Å². The van der Waals surface area contributed by atoms with Gasteiger partial charge in [0.1, 0.15) is 17.0 Å². The molecule has 0 saturated heterocycles. The maximum atomic E-state index is 12.0. The zero-order valence-electron chi connectivity index (χ0n) is 13.8. The van der Waals surface area contributed by atoms with Crippen LogP contribution in [0.4, 0.5) is 0 Å². The highest BCUT2D eigenvalue weighted by atomic mass is 16.4. The van der Waals surface area contributed by atoms with Gasteiger partial charge in [0, 0.05) is 24.6 Å². The fraction of sp³-hybridized carbons (Fsp3) is 0.158. The van der Waals surface area contributed by atoms with Crippen LogP contribution in [0.3, 0.4) is 0 Å². The average molecular weight is 345 g/mol.